The molecule has 3 rings (SSSR count). The zero-order valence-corrected chi connectivity index (χ0v) is 16.5. The normalized spacial score (nSPS) is 22.8. The summed E-state index contributed by atoms with van der Waals surface area (Å²) in [6, 6.07) is 19.8. The Kier molecular flexibility index (Phi) is 6.89. The van der Waals surface area contributed by atoms with Gasteiger partial charge in [-0.25, -0.2) is 0 Å². The van der Waals surface area contributed by atoms with Crippen LogP contribution in [0.15, 0.2) is 60.7 Å². The third-order valence-corrected chi connectivity index (χ3v) is 5.40. The molecule has 1 aliphatic rings. The van der Waals surface area contributed by atoms with Crippen LogP contribution in [0.25, 0.3) is 0 Å². The van der Waals surface area contributed by atoms with Gasteiger partial charge in [-0.2, -0.15) is 0 Å². The average molecular weight is 380 g/mol. The van der Waals surface area contributed by atoms with Crippen LogP contribution in [0, 0.1) is 5.92 Å². The Hall–Kier alpha value is -2.15. The molecule has 2 aromatic carbocycles. The largest absolute Gasteiger partial charge is 0.475 e. The van der Waals surface area contributed by atoms with Crippen LogP contribution in [0.2, 0.25) is 0 Å². The van der Waals surface area contributed by atoms with Crippen molar-refractivity contribution in [3.8, 4) is 0 Å². The molecule has 4 N–H and O–H groups in total. The van der Waals surface area contributed by atoms with Crippen LogP contribution < -0.4 is 10.6 Å². The fourth-order valence-corrected chi connectivity index (χ4v) is 4.03. The van der Waals surface area contributed by atoms with Gasteiger partial charge in [-0.15, -0.1) is 0 Å². The number of hydrogen-bond acceptors (Lipinski definition) is 4. The van der Waals surface area contributed by atoms with Gasteiger partial charge >= 0.3 is 7.12 Å². The molecule has 2 aromatic rings. The molecular formula is C22H29BN2O3. The second kappa shape index (κ2) is 9.37. The molecule has 5 nitrogen and oxygen atoms in total. The molecule has 1 amide bonds. The second-order valence-corrected chi connectivity index (χ2v) is 8.02. The van der Waals surface area contributed by atoms with E-state index in [2.05, 4.69) is 22.8 Å². The molecule has 0 spiro atoms. The minimum Gasteiger partial charge on any atom is -0.426 e. The zero-order chi connectivity index (χ0) is 20.1. The first-order valence-corrected chi connectivity index (χ1v) is 9.98. The first kappa shape index (κ1) is 20.6. The topological polar surface area (TPSA) is 81.6 Å². The summed E-state index contributed by atoms with van der Waals surface area (Å²) in [4.78, 5) is 13.1. The summed E-state index contributed by atoms with van der Waals surface area (Å²) in [5.41, 5.74) is 2.26. The van der Waals surface area contributed by atoms with Crippen LogP contribution >= 0.6 is 0 Å². The summed E-state index contributed by atoms with van der Waals surface area (Å²) < 4.78 is 0. The number of carbonyl (C=O) groups excluding carboxylic acids is 1. The van der Waals surface area contributed by atoms with Crippen molar-refractivity contribution in [2.24, 2.45) is 5.92 Å². The van der Waals surface area contributed by atoms with Crippen LogP contribution in [0.3, 0.4) is 0 Å². The Morgan fingerprint density at radius 2 is 1.64 bits per heavy atom. The van der Waals surface area contributed by atoms with E-state index in [9.17, 15) is 14.8 Å². The van der Waals surface area contributed by atoms with Crippen LogP contribution in [0.5, 0.6) is 0 Å². The summed E-state index contributed by atoms with van der Waals surface area (Å²) in [5.74, 6) is -0.611. The van der Waals surface area contributed by atoms with Crippen molar-refractivity contribution in [2.75, 3.05) is 0 Å². The molecule has 0 radical (unpaired) electrons. The van der Waals surface area contributed by atoms with Crippen molar-refractivity contribution in [3.63, 3.8) is 0 Å². The monoisotopic (exact) mass is 380 g/mol. The van der Waals surface area contributed by atoms with Gasteiger partial charge in [0.2, 0.25) is 5.91 Å². The predicted octanol–water partition coefficient (Wildman–Crippen LogP) is 2.42. The van der Waals surface area contributed by atoms with E-state index in [4.69, 9.17) is 0 Å². The summed E-state index contributed by atoms with van der Waals surface area (Å²) in [6.07, 6.45) is 1.32. The van der Waals surface area contributed by atoms with Gasteiger partial charge in [-0.1, -0.05) is 74.5 Å². The quantitative estimate of drug-likeness (QED) is 0.556. The van der Waals surface area contributed by atoms with Crippen molar-refractivity contribution >= 4 is 13.0 Å². The molecule has 0 bridgehead atoms. The van der Waals surface area contributed by atoms with Gasteiger partial charge in [0.05, 0.1) is 12.0 Å². The number of hydrogen-bond donors (Lipinski definition) is 4. The second-order valence-electron chi connectivity index (χ2n) is 8.02. The summed E-state index contributed by atoms with van der Waals surface area (Å²) in [5, 5.41) is 25.7. The van der Waals surface area contributed by atoms with E-state index in [1.807, 2.05) is 62.4 Å². The third-order valence-electron chi connectivity index (χ3n) is 5.40. The Morgan fingerprint density at radius 1 is 1.07 bits per heavy atom. The third kappa shape index (κ3) is 5.01. The number of rotatable bonds is 7. The molecule has 148 valence electrons. The number of carbonyl (C=O) groups is 1. The highest BCUT2D eigenvalue weighted by atomic mass is 16.4. The molecule has 4 atom stereocenters. The van der Waals surface area contributed by atoms with Gasteiger partial charge in [0.1, 0.15) is 0 Å². The predicted molar refractivity (Wildman–Crippen MR) is 111 cm³/mol. The maximum atomic E-state index is 13.1. The molecule has 4 unspecified atom stereocenters. The van der Waals surface area contributed by atoms with Gasteiger partial charge in [0.25, 0.3) is 0 Å². The van der Waals surface area contributed by atoms with E-state index in [1.165, 1.54) is 0 Å². The van der Waals surface area contributed by atoms with Crippen LogP contribution in [0.4, 0.5) is 0 Å². The standard InChI is InChI=1S/C22H29BN2O3/c1-15(2)13-20(23(27)28)25-22(26)21-18(16-9-5-3-6-10-16)14-19(24-21)17-11-7-4-8-12-17/h3-12,15,18-21,24,27-28H,13-14H2,1-2H3,(H,25,26). The van der Waals surface area contributed by atoms with Gasteiger partial charge in [-0.3, -0.25) is 10.1 Å². The lowest BCUT2D eigenvalue weighted by molar-refractivity contribution is -0.123. The van der Waals surface area contributed by atoms with Gasteiger partial charge in [-0.05, 0) is 29.9 Å². The molecule has 1 saturated heterocycles. The Morgan fingerprint density at radius 3 is 2.18 bits per heavy atom. The number of nitrogens with one attached hydrogen (secondary N) is 2. The molecule has 0 aliphatic carbocycles. The lowest BCUT2D eigenvalue weighted by Crippen LogP contribution is -2.53. The molecule has 6 heteroatoms. The molecule has 0 aromatic heterocycles. The minimum atomic E-state index is -1.58. The van der Waals surface area contributed by atoms with Crippen LogP contribution in [-0.4, -0.2) is 35.1 Å². The lowest BCUT2D eigenvalue weighted by atomic mass is 9.74. The van der Waals surface area contributed by atoms with Crippen LogP contribution in [-0.2, 0) is 4.79 Å². The van der Waals surface area contributed by atoms with E-state index in [-0.39, 0.29) is 23.8 Å². The highest BCUT2D eigenvalue weighted by Gasteiger charge is 2.41. The van der Waals surface area contributed by atoms with E-state index in [0.29, 0.717) is 6.42 Å². The summed E-state index contributed by atoms with van der Waals surface area (Å²) >= 11 is 0. The molecular weight excluding hydrogens is 351 g/mol. The van der Waals surface area contributed by atoms with E-state index >= 15 is 0 Å². The first-order chi connectivity index (χ1) is 13.5. The highest BCUT2D eigenvalue weighted by Crippen LogP contribution is 2.38. The van der Waals surface area contributed by atoms with Crippen molar-refractivity contribution < 1.29 is 14.8 Å². The number of amides is 1. The first-order valence-electron chi connectivity index (χ1n) is 9.98. The van der Waals surface area contributed by atoms with Crippen LogP contribution in [0.1, 0.15) is 49.8 Å². The molecule has 1 fully saturated rings. The van der Waals surface area contributed by atoms with E-state index in [0.717, 1.165) is 17.5 Å². The average Bonchev–Trinajstić information content (AvgIpc) is 3.14. The zero-order valence-electron chi connectivity index (χ0n) is 16.5. The Bertz CT molecular complexity index is 755. The molecule has 0 saturated carbocycles. The maximum Gasteiger partial charge on any atom is 0.475 e. The van der Waals surface area contributed by atoms with E-state index < -0.39 is 19.1 Å². The van der Waals surface area contributed by atoms with Crippen molar-refractivity contribution in [1.29, 1.82) is 0 Å². The minimum absolute atomic E-state index is 0.0157. The highest BCUT2D eigenvalue weighted by molar-refractivity contribution is 6.43. The molecule has 1 heterocycles. The lowest BCUT2D eigenvalue weighted by Gasteiger charge is -2.25. The van der Waals surface area contributed by atoms with Gasteiger partial charge < -0.3 is 15.4 Å². The smallest absolute Gasteiger partial charge is 0.426 e. The van der Waals surface area contributed by atoms with Crippen molar-refractivity contribution in [2.45, 2.75) is 50.6 Å². The number of benzene rings is 2. The Labute approximate surface area is 167 Å². The van der Waals surface area contributed by atoms with Crippen molar-refractivity contribution in [1.82, 2.24) is 10.6 Å². The van der Waals surface area contributed by atoms with Gasteiger partial charge in [0, 0.05) is 12.0 Å². The summed E-state index contributed by atoms with van der Waals surface area (Å²) in [7, 11) is -1.58. The molecule has 1 aliphatic heterocycles. The fourth-order valence-electron chi connectivity index (χ4n) is 4.03. The fraction of sp³-hybridized carbons (Fsp3) is 0.409. The van der Waals surface area contributed by atoms with Crippen molar-refractivity contribution in [3.05, 3.63) is 71.8 Å². The van der Waals surface area contributed by atoms with Gasteiger partial charge in [0.15, 0.2) is 0 Å². The maximum absolute atomic E-state index is 13.1. The summed E-state index contributed by atoms with van der Waals surface area (Å²) in [6.45, 7) is 3.99. The molecule has 28 heavy (non-hydrogen) atoms. The Balaban J connectivity index is 1.81. The van der Waals surface area contributed by atoms with E-state index in [1.54, 1.807) is 0 Å². The SMILES string of the molecule is CC(C)CC(NC(=O)C1NC(c2ccccc2)CC1c1ccccc1)B(O)O.